The lowest BCUT2D eigenvalue weighted by Crippen LogP contribution is -2.28. The zero-order chi connectivity index (χ0) is 12.7. The highest BCUT2D eigenvalue weighted by Gasteiger charge is 2.29. The highest BCUT2D eigenvalue weighted by molar-refractivity contribution is 8.00. The van der Waals surface area contributed by atoms with Crippen molar-refractivity contribution in [2.24, 2.45) is 0 Å². The van der Waals surface area contributed by atoms with Gasteiger partial charge in [0.05, 0.1) is 12.7 Å². The van der Waals surface area contributed by atoms with E-state index < -0.39 is 11.4 Å². The predicted octanol–water partition coefficient (Wildman–Crippen LogP) is -1.17. The molecule has 0 unspecified atom stereocenters. The van der Waals surface area contributed by atoms with Gasteiger partial charge in [0, 0.05) is 17.5 Å². The summed E-state index contributed by atoms with van der Waals surface area (Å²) >= 11 is 1.48. The van der Waals surface area contributed by atoms with Crippen molar-refractivity contribution in [3.05, 3.63) is 32.7 Å². The number of ether oxygens (including phenoxy) is 1. The summed E-state index contributed by atoms with van der Waals surface area (Å²) in [7, 11) is 0. The number of hydrogen-bond acceptors (Lipinski definition) is 6. The van der Waals surface area contributed by atoms with Crippen molar-refractivity contribution in [1.82, 2.24) is 19.6 Å². The van der Waals surface area contributed by atoms with Gasteiger partial charge in [0.1, 0.15) is 5.44 Å². The average Bonchev–Trinajstić information content (AvgIpc) is 2.93. The number of fused-ring (bicyclic) bond motifs is 1. The van der Waals surface area contributed by atoms with Crippen LogP contribution < -0.4 is 11.4 Å². The minimum absolute atomic E-state index is 0.0719. The summed E-state index contributed by atoms with van der Waals surface area (Å²) in [6, 6.07) is 0. The molecule has 3 rings (SSSR count). The fourth-order valence-electron chi connectivity index (χ4n) is 1.88. The second-order valence-electron chi connectivity index (χ2n) is 3.81. The summed E-state index contributed by atoms with van der Waals surface area (Å²) < 4.78 is 6.72. The zero-order valence-corrected chi connectivity index (χ0v) is 9.94. The molecule has 2 aromatic rings. The van der Waals surface area contributed by atoms with Gasteiger partial charge in [-0.1, -0.05) is 0 Å². The van der Waals surface area contributed by atoms with Crippen LogP contribution in [0, 0.1) is 0 Å². The van der Waals surface area contributed by atoms with Crippen LogP contribution in [0.5, 0.6) is 0 Å². The highest BCUT2D eigenvalue weighted by atomic mass is 32.2. The molecule has 3 N–H and O–H groups in total. The van der Waals surface area contributed by atoms with Gasteiger partial charge >= 0.3 is 11.4 Å². The number of aliphatic hydroxyl groups excluding tert-OH is 1. The Morgan fingerprint density at radius 2 is 2.44 bits per heavy atom. The number of rotatable bonds is 2. The van der Waals surface area contributed by atoms with Crippen LogP contribution in [0.3, 0.4) is 0 Å². The molecule has 8 nitrogen and oxygen atoms in total. The van der Waals surface area contributed by atoms with Crippen LogP contribution in [-0.4, -0.2) is 42.5 Å². The largest absolute Gasteiger partial charge is 0.393 e. The molecule has 2 atom stereocenters. The number of nitrogens with one attached hydrogen (secondary N) is 2. The third kappa shape index (κ3) is 1.76. The van der Waals surface area contributed by atoms with Gasteiger partial charge in [-0.05, 0) is 0 Å². The van der Waals surface area contributed by atoms with Crippen LogP contribution in [0.25, 0.3) is 5.65 Å². The first-order valence-electron chi connectivity index (χ1n) is 5.27. The Balaban J connectivity index is 2.08. The third-order valence-corrected chi connectivity index (χ3v) is 3.82. The Morgan fingerprint density at radius 1 is 1.61 bits per heavy atom. The smallest absolute Gasteiger partial charge is 0.351 e. The summed E-state index contributed by atoms with van der Waals surface area (Å²) in [5, 5.41) is 11.7. The summed E-state index contributed by atoms with van der Waals surface area (Å²) in [5.41, 5.74) is -0.640. The average molecular weight is 270 g/mol. The summed E-state index contributed by atoms with van der Waals surface area (Å²) in [6.07, 6.45) is 1.30. The van der Waals surface area contributed by atoms with Gasteiger partial charge in [0.2, 0.25) is 0 Å². The topological polar surface area (TPSA) is 112 Å². The molecule has 1 fully saturated rings. The molecule has 96 valence electrons. The van der Waals surface area contributed by atoms with Crippen molar-refractivity contribution in [2.45, 2.75) is 11.5 Å². The van der Waals surface area contributed by atoms with E-state index in [1.807, 2.05) is 0 Å². The molecule has 0 saturated carbocycles. The number of thioether (sulfide) groups is 1. The number of H-pyrrole nitrogens is 2. The lowest BCUT2D eigenvalue weighted by molar-refractivity contribution is 0.0350. The molecule has 0 aliphatic carbocycles. The summed E-state index contributed by atoms with van der Waals surface area (Å²) in [4.78, 5) is 28.5. The van der Waals surface area contributed by atoms with E-state index in [0.29, 0.717) is 11.3 Å². The van der Waals surface area contributed by atoms with E-state index in [1.165, 1.54) is 11.8 Å². The van der Waals surface area contributed by atoms with E-state index in [1.54, 1.807) is 6.20 Å². The lowest BCUT2D eigenvalue weighted by Gasteiger charge is -2.08. The van der Waals surface area contributed by atoms with Gasteiger partial charge in [0.15, 0.2) is 5.65 Å². The van der Waals surface area contributed by atoms with E-state index >= 15 is 0 Å². The molecule has 3 heterocycles. The summed E-state index contributed by atoms with van der Waals surface area (Å²) in [6.45, 7) is -0.0719. The van der Waals surface area contributed by atoms with Gasteiger partial charge in [-0.15, -0.1) is 11.8 Å². The van der Waals surface area contributed by atoms with E-state index in [9.17, 15) is 9.59 Å². The maximum absolute atomic E-state index is 11.5. The Bertz CT molecular complexity index is 690. The molecule has 0 bridgehead atoms. The van der Waals surface area contributed by atoms with E-state index in [-0.39, 0.29) is 23.8 Å². The Morgan fingerprint density at radius 3 is 3.17 bits per heavy atom. The van der Waals surface area contributed by atoms with Crippen LogP contribution in [0.2, 0.25) is 0 Å². The maximum atomic E-state index is 11.5. The predicted molar refractivity (Wildman–Crippen MR) is 63.6 cm³/mol. The molecule has 0 amide bonds. The Hall–Kier alpha value is -1.58. The standard InChI is InChI=1S/C9H10N4O4S/c14-2-6-17-5(3-18-6)4-1-10-13-7(4)11-8(15)12-9(13)16/h1,5-6,10,14H,2-3H2,(H,12,15,16)/t5-,6+/m1/s1. The maximum Gasteiger partial charge on any atom is 0.351 e. The van der Waals surface area contributed by atoms with Crippen LogP contribution >= 0.6 is 11.8 Å². The molecule has 1 aliphatic rings. The number of aromatic amines is 2. The van der Waals surface area contributed by atoms with Crippen molar-refractivity contribution >= 4 is 17.4 Å². The first-order chi connectivity index (χ1) is 8.69. The molecular formula is C9H10N4O4S. The minimum atomic E-state index is -0.690. The van der Waals surface area contributed by atoms with Gasteiger partial charge in [0.25, 0.3) is 0 Å². The van der Waals surface area contributed by atoms with E-state index in [0.717, 1.165) is 4.52 Å². The fourth-order valence-corrected chi connectivity index (χ4v) is 2.85. The Labute approximate surface area is 104 Å². The number of aromatic nitrogens is 4. The zero-order valence-electron chi connectivity index (χ0n) is 9.12. The molecule has 18 heavy (non-hydrogen) atoms. The molecule has 0 radical (unpaired) electrons. The molecule has 1 saturated heterocycles. The van der Waals surface area contributed by atoms with Crippen LogP contribution in [-0.2, 0) is 4.74 Å². The van der Waals surface area contributed by atoms with Crippen LogP contribution in [0.4, 0.5) is 0 Å². The van der Waals surface area contributed by atoms with Crippen LogP contribution in [0.15, 0.2) is 15.8 Å². The first kappa shape index (κ1) is 11.5. The molecule has 1 aliphatic heterocycles. The second-order valence-corrected chi connectivity index (χ2v) is 5.00. The van der Waals surface area contributed by atoms with Gasteiger partial charge in [-0.25, -0.2) is 9.59 Å². The second kappa shape index (κ2) is 4.26. The SMILES string of the molecule is O=c1nc2c([C@H]3CS[C@@H](CO)O3)c[nH]n2c(=O)[nH]1. The van der Waals surface area contributed by atoms with Gasteiger partial charge in [-0.3, -0.25) is 10.1 Å². The lowest BCUT2D eigenvalue weighted by atomic mass is 10.2. The first-order valence-corrected chi connectivity index (χ1v) is 6.32. The molecule has 0 spiro atoms. The van der Waals surface area contributed by atoms with Crippen molar-refractivity contribution < 1.29 is 9.84 Å². The van der Waals surface area contributed by atoms with Gasteiger partial charge in [-0.2, -0.15) is 9.50 Å². The third-order valence-electron chi connectivity index (χ3n) is 2.69. The number of hydrogen-bond donors (Lipinski definition) is 3. The molecule has 9 heteroatoms. The van der Waals surface area contributed by atoms with Gasteiger partial charge < -0.3 is 9.84 Å². The number of nitrogens with zero attached hydrogens (tertiary/aromatic N) is 2. The highest BCUT2D eigenvalue weighted by Crippen LogP contribution is 2.35. The number of aliphatic hydroxyl groups is 1. The van der Waals surface area contributed by atoms with E-state index in [4.69, 9.17) is 9.84 Å². The van der Waals surface area contributed by atoms with Crippen LogP contribution in [0.1, 0.15) is 11.7 Å². The van der Waals surface area contributed by atoms with Crippen molar-refractivity contribution in [1.29, 1.82) is 0 Å². The van der Waals surface area contributed by atoms with Crippen molar-refractivity contribution in [3.63, 3.8) is 0 Å². The monoisotopic (exact) mass is 270 g/mol. The molecular weight excluding hydrogens is 260 g/mol. The Kier molecular flexibility index (Phi) is 2.73. The summed E-state index contributed by atoms with van der Waals surface area (Å²) in [5.74, 6) is 0.640. The normalized spacial score (nSPS) is 23.8. The van der Waals surface area contributed by atoms with Crippen molar-refractivity contribution in [3.8, 4) is 0 Å². The minimum Gasteiger partial charge on any atom is -0.393 e. The molecule has 0 aromatic carbocycles. The van der Waals surface area contributed by atoms with Crippen molar-refractivity contribution in [2.75, 3.05) is 12.4 Å². The fraction of sp³-hybridized carbons (Fsp3) is 0.444. The quantitative estimate of drug-likeness (QED) is 0.634. The molecule has 2 aromatic heterocycles. The van der Waals surface area contributed by atoms with E-state index in [2.05, 4.69) is 15.1 Å².